The molecule has 66 valence electrons. The van der Waals surface area contributed by atoms with Crippen LogP contribution in [0.15, 0.2) is 18.2 Å². The number of nitrogens with zero attached hydrogens (tertiary/aromatic N) is 3. The van der Waals surface area contributed by atoms with Crippen molar-refractivity contribution in [2.24, 2.45) is 0 Å². The Morgan fingerprint density at radius 1 is 1.31 bits per heavy atom. The van der Waals surface area contributed by atoms with E-state index in [0.29, 0.717) is 16.6 Å². The molecule has 2 heterocycles. The largest absolute Gasteiger partial charge is 0.374 e. The van der Waals surface area contributed by atoms with Gasteiger partial charge < -0.3 is 5.73 Å². The smallest absolute Gasteiger partial charge is 0.213 e. The van der Waals surface area contributed by atoms with Crippen LogP contribution in [0.5, 0.6) is 0 Å². The lowest BCUT2D eigenvalue weighted by Crippen LogP contribution is -1.89. The highest BCUT2D eigenvalue weighted by molar-refractivity contribution is 7.09. The molecule has 0 aliphatic carbocycles. The number of rotatable bonds is 1. The van der Waals surface area contributed by atoms with Crippen LogP contribution in [0.3, 0.4) is 0 Å². The van der Waals surface area contributed by atoms with E-state index in [2.05, 4.69) is 14.3 Å². The molecule has 0 aliphatic rings. The molecular weight excluding hydrogens is 191 g/mol. The van der Waals surface area contributed by atoms with Gasteiger partial charge in [-0.1, -0.05) is 6.07 Å². The minimum atomic E-state index is -0.550. The first kappa shape index (κ1) is 8.06. The molecule has 0 aromatic carbocycles. The number of halogens is 1. The van der Waals surface area contributed by atoms with Gasteiger partial charge in [0.25, 0.3) is 0 Å². The monoisotopic (exact) mass is 196 g/mol. The van der Waals surface area contributed by atoms with Crippen molar-refractivity contribution in [2.75, 3.05) is 5.73 Å². The van der Waals surface area contributed by atoms with Gasteiger partial charge >= 0.3 is 0 Å². The average molecular weight is 196 g/mol. The predicted molar refractivity (Wildman–Crippen MR) is 47.5 cm³/mol. The fraction of sp³-hybridized carbons (Fsp3) is 0. The standard InChI is InChI=1S/C7H5FN4S/c8-5-3-1-2-4(10-5)6-11-7(9)13-12-6/h1-3H,(H2,9,11,12). The van der Waals surface area contributed by atoms with E-state index in [4.69, 9.17) is 5.73 Å². The third kappa shape index (κ3) is 1.62. The van der Waals surface area contributed by atoms with Crippen LogP contribution in [-0.2, 0) is 0 Å². The van der Waals surface area contributed by atoms with Gasteiger partial charge in [0, 0.05) is 11.5 Å². The van der Waals surface area contributed by atoms with Gasteiger partial charge in [-0.2, -0.15) is 13.7 Å². The van der Waals surface area contributed by atoms with Gasteiger partial charge in [-0.05, 0) is 12.1 Å². The molecule has 0 spiro atoms. The Kier molecular flexibility index (Phi) is 1.90. The number of nitrogens with two attached hydrogens (primary N) is 1. The Balaban J connectivity index is 2.46. The lowest BCUT2D eigenvalue weighted by molar-refractivity contribution is 0.585. The number of hydrogen-bond acceptors (Lipinski definition) is 5. The molecule has 0 fully saturated rings. The molecule has 6 heteroatoms. The fourth-order valence-corrected chi connectivity index (χ4v) is 1.31. The molecular formula is C7H5FN4S. The molecule has 2 aromatic rings. The highest BCUT2D eigenvalue weighted by atomic mass is 32.1. The van der Waals surface area contributed by atoms with Crippen molar-refractivity contribution in [2.45, 2.75) is 0 Å². The summed E-state index contributed by atoms with van der Waals surface area (Å²) in [7, 11) is 0. The molecule has 0 amide bonds. The maximum atomic E-state index is 12.7. The topological polar surface area (TPSA) is 64.7 Å². The van der Waals surface area contributed by atoms with Crippen LogP contribution in [0.25, 0.3) is 11.5 Å². The molecule has 0 aliphatic heterocycles. The van der Waals surface area contributed by atoms with Crippen LogP contribution in [0.2, 0.25) is 0 Å². The highest BCUT2D eigenvalue weighted by Gasteiger charge is 2.05. The molecule has 4 nitrogen and oxygen atoms in total. The van der Waals surface area contributed by atoms with Crippen LogP contribution < -0.4 is 5.73 Å². The maximum absolute atomic E-state index is 12.7. The second kappa shape index (κ2) is 3.06. The van der Waals surface area contributed by atoms with Gasteiger partial charge in [0.1, 0.15) is 5.69 Å². The number of anilines is 1. The van der Waals surface area contributed by atoms with Crippen molar-refractivity contribution in [3.63, 3.8) is 0 Å². The van der Waals surface area contributed by atoms with Crippen LogP contribution in [0.1, 0.15) is 0 Å². The zero-order chi connectivity index (χ0) is 9.26. The molecule has 2 aromatic heterocycles. The van der Waals surface area contributed by atoms with Gasteiger partial charge in [0.05, 0.1) is 0 Å². The van der Waals surface area contributed by atoms with Crippen LogP contribution >= 0.6 is 11.5 Å². The lowest BCUT2D eigenvalue weighted by atomic mass is 10.3. The van der Waals surface area contributed by atoms with E-state index in [0.717, 1.165) is 11.5 Å². The average Bonchev–Trinajstić information content (AvgIpc) is 2.52. The van der Waals surface area contributed by atoms with Gasteiger partial charge in [-0.15, -0.1) is 0 Å². The first-order chi connectivity index (χ1) is 6.25. The minimum Gasteiger partial charge on any atom is -0.374 e. The molecule has 0 unspecified atom stereocenters. The van der Waals surface area contributed by atoms with Gasteiger partial charge in [-0.25, -0.2) is 4.98 Å². The van der Waals surface area contributed by atoms with Gasteiger partial charge in [-0.3, -0.25) is 0 Å². The quantitative estimate of drug-likeness (QED) is 0.698. The molecule has 0 saturated heterocycles. The van der Waals surface area contributed by atoms with Crippen molar-refractivity contribution in [1.29, 1.82) is 0 Å². The molecule has 0 bridgehead atoms. The van der Waals surface area contributed by atoms with E-state index in [-0.39, 0.29) is 0 Å². The van der Waals surface area contributed by atoms with E-state index >= 15 is 0 Å². The second-order valence-corrected chi connectivity index (χ2v) is 3.09. The zero-order valence-electron chi connectivity index (χ0n) is 6.44. The summed E-state index contributed by atoms with van der Waals surface area (Å²) in [6.45, 7) is 0. The molecule has 2 N–H and O–H groups in total. The van der Waals surface area contributed by atoms with Crippen molar-refractivity contribution in [3.05, 3.63) is 24.1 Å². The highest BCUT2D eigenvalue weighted by Crippen LogP contribution is 2.16. The van der Waals surface area contributed by atoms with Crippen LogP contribution in [0, 0.1) is 5.95 Å². The summed E-state index contributed by atoms with van der Waals surface area (Å²) in [4.78, 5) is 7.49. The van der Waals surface area contributed by atoms with Crippen molar-refractivity contribution in [1.82, 2.24) is 14.3 Å². The van der Waals surface area contributed by atoms with Crippen LogP contribution in [-0.4, -0.2) is 14.3 Å². The Bertz CT molecular complexity index is 428. The number of nitrogen functional groups attached to an aromatic ring is 1. The Morgan fingerprint density at radius 2 is 2.15 bits per heavy atom. The van der Waals surface area contributed by atoms with E-state index < -0.39 is 5.95 Å². The van der Waals surface area contributed by atoms with E-state index in [1.165, 1.54) is 6.07 Å². The summed E-state index contributed by atoms with van der Waals surface area (Å²) in [5.74, 6) is -0.187. The predicted octanol–water partition coefficient (Wildman–Crippen LogP) is 1.32. The molecule has 0 atom stereocenters. The summed E-state index contributed by atoms with van der Waals surface area (Å²) in [5.41, 5.74) is 5.77. The SMILES string of the molecule is Nc1nc(-c2cccc(F)n2)ns1. The third-order valence-electron chi connectivity index (χ3n) is 1.39. The Labute approximate surface area is 77.4 Å². The minimum absolute atomic E-state index is 0.348. The number of pyridine rings is 1. The van der Waals surface area contributed by atoms with Crippen molar-refractivity contribution in [3.8, 4) is 11.5 Å². The summed E-state index contributed by atoms with van der Waals surface area (Å²) in [5, 5.41) is 0.348. The lowest BCUT2D eigenvalue weighted by Gasteiger charge is -1.92. The molecule has 13 heavy (non-hydrogen) atoms. The fourth-order valence-electron chi connectivity index (χ4n) is 0.872. The Morgan fingerprint density at radius 3 is 2.77 bits per heavy atom. The van der Waals surface area contributed by atoms with E-state index in [9.17, 15) is 4.39 Å². The van der Waals surface area contributed by atoms with E-state index in [1.807, 2.05) is 0 Å². The Hall–Kier alpha value is -1.56. The molecule has 2 rings (SSSR count). The molecule has 0 radical (unpaired) electrons. The maximum Gasteiger partial charge on any atom is 0.213 e. The normalized spacial score (nSPS) is 10.2. The number of aromatic nitrogens is 3. The summed E-state index contributed by atoms with van der Waals surface area (Å²) in [6, 6.07) is 4.44. The zero-order valence-corrected chi connectivity index (χ0v) is 7.25. The van der Waals surface area contributed by atoms with Gasteiger partial charge in [0.15, 0.2) is 11.0 Å². The summed E-state index contributed by atoms with van der Waals surface area (Å²) < 4.78 is 16.6. The molecule has 0 saturated carbocycles. The summed E-state index contributed by atoms with van der Waals surface area (Å²) >= 11 is 1.06. The van der Waals surface area contributed by atoms with Crippen molar-refractivity contribution < 1.29 is 4.39 Å². The van der Waals surface area contributed by atoms with Crippen LogP contribution in [0.4, 0.5) is 9.52 Å². The number of hydrogen-bond donors (Lipinski definition) is 1. The first-order valence-electron chi connectivity index (χ1n) is 3.48. The van der Waals surface area contributed by atoms with Gasteiger partial charge in [0.2, 0.25) is 5.95 Å². The second-order valence-electron chi connectivity index (χ2n) is 2.30. The summed E-state index contributed by atoms with van der Waals surface area (Å²) in [6.07, 6.45) is 0. The van der Waals surface area contributed by atoms with Crippen molar-refractivity contribution >= 4 is 16.7 Å². The van der Waals surface area contributed by atoms with E-state index in [1.54, 1.807) is 12.1 Å². The first-order valence-corrected chi connectivity index (χ1v) is 4.25. The third-order valence-corrected chi connectivity index (χ3v) is 1.93.